The van der Waals surface area contributed by atoms with Gasteiger partial charge in [-0.25, -0.2) is 0 Å². The smallest absolute Gasteiger partial charge is 0.235 e. The predicted molar refractivity (Wildman–Crippen MR) is 84.2 cm³/mol. The van der Waals surface area contributed by atoms with Crippen LogP contribution in [0, 0.1) is 5.92 Å². The molecule has 6 heteroatoms. The maximum Gasteiger partial charge on any atom is 0.235 e. The van der Waals surface area contributed by atoms with Gasteiger partial charge in [0.15, 0.2) is 0 Å². The summed E-state index contributed by atoms with van der Waals surface area (Å²) in [6.07, 6.45) is 0.897. The van der Waals surface area contributed by atoms with Crippen molar-refractivity contribution in [3.63, 3.8) is 0 Å². The highest BCUT2D eigenvalue weighted by Crippen LogP contribution is 2.23. The van der Waals surface area contributed by atoms with Gasteiger partial charge in [0.1, 0.15) is 5.25 Å². The van der Waals surface area contributed by atoms with Crippen LogP contribution in [0.5, 0.6) is 0 Å². The molecule has 0 bridgehead atoms. The molecule has 0 heterocycles. The number of carbonyl (C=O) groups is 1. The highest BCUT2D eigenvalue weighted by Gasteiger charge is 2.22. The molecule has 0 saturated carbocycles. The van der Waals surface area contributed by atoms with Crippen LogP contribution >= 0.6 is 11.6 Å². The Morgan fingerprint density at radius 1 is 1.40 bits per heavy atom. The van der Waals surface area contributed by atoms with E-state index in [0.717, 1.165) is 6.42 Å². The Labute approximate surface area is 127 Å². The molecule has 0 aliphatic heterocycles. The van der Waals surface area contributed by atoms with Gasteiger partial charge in [0.25, 0.3) is 0 Å². The predicted octanol–water partition coefficient (Wildman–Crippen LogP) is 2.58. The molecule has 0 spiro atoms. The summed E-state index contributed by atoms with van der Waals surface area (Å²) in [5, 5.41) is 2.63. The van der Waals surface area contributed by atoms with Crippen LogP contribution in [0.1, 0.15) is 27.2 Å². The molecule has 3 N–H and O–H groups in total. The van der Waals surface area contributed by atoms with Crippen LogP contribution < -0.4 is 11.1 Å². The molecule has 1 amide bonds. The lowest BCUT2D eigenvalue weighted by Crippen LogP contribution is -2.36. The number of nitrogen functional groups attached to an aromatic ring is 1. The molecule has 0 radical (unpaired) electrons. The van der Waals surface area contributed by atoms with Crippen molar-refractivity contribution in [2.45, 2.75) is 37.3 Å². The lowest BCUT2D eigenvalue weighted by Gasteiger charge is -2.14. The largest absolute Gasteiger partial charge is 0.398 e. The first kappa shape index (κ1) is 17.0. The molecule has 1 aromatic carbocycles. The normalized spacial score (nSPS) is 14.1. The van der Waals surface area contributed by atoms with Gasteiger partial charge in [0.2, 0.25) is 5.91 Å². The molecule has 0 fully saturated rings. The number of nitrogens with two attached hydrogens (primary N) is 1. The first-order valence-electron chi connectivity index (χ1n) is 6.56. The summed E-state index contributed by atoms with van der Waals surface area (Å²) < 4.78 is 12.3. The minimum absolute atomic E-state index is 0.224. The number of rotatable bonds is 6. The van der Waals surface area contributed by atoms with E-state index in [9.17, 15) is 9.00 Å². The maximum absolute atomic E-state index is 12.3. The Morgan fingerprint density at radius 2 is 2.05 bits per heavy atom. The quantitative estimate of drug-likeness (QED) is 0.792. The molecule has 0 aliphatic carbocycles. The van der Waals surface area contributed by atoms with Crippen LogP contribution in [-0.2, 0) is 15.6 Å². The minimum atomic E-state index is -1.49. The maximum atomic E-state index is 12.3. The second kappa shape index (κ2) is 7.64. The number of carbonyl (C=O) groups excluding carboxylic acids is 1. The molecule has 112 valence electrons. The Kier molecular flexibility index (Phi) is 6.49. The zero-order valence-corrected chi connectivity index (χ0v) is 13.6. The second-order valence-electron chi connectivity index (χ2n) is 5.10. The van der Waals surface area contributed by atoms with Crippen molar-refractivity contribution < 1.29 is 9.00 Å². The van der Waals surface area contributed by atoms with Crippen molar-refractivity contribution in [2.75, 3.05) is 12.3 Å². The van der Waals surface area contributed by atoms with Crippen LogP contribution in [-0.4, -0.2) is 21.9 Å². The molecule has 4 nitrogen and oxygen atoms in total. The first-order chi connectivity index (χ1) is 9.32. The van der Waals surface area contributed by atoms with Gasteiger partial charge in [-0.15, -0.1) is 0 Å². The van der Waals surface area contributed by atoms with E-state index < -0.39 is 16.0 Å². The Morgan fingerprint density at radius 3 is 2.60 bits per heavy atom. The zero-order chi connectivity index (χ0) is 15.3. The van der Waals surface area contributed by atoms with Crippen LogP contribution in [0.3, 0.4) is 0 Å². The fourth-order valence-corrected chi connectivity index (χ4v) is 2.95. The average molecular weight is 317 g/mol. The third-order valence-electron chi connectivity index (χ3n) is 2.90. The van der Waals surface area contributed by atoms with Gasteiger partial charge in [-0.05, 0) is 37.5 Å². The van der Waals surface area contributed by atoms with E-state index in [4.69, 9.17) is 17.3 Å². The summed E-state index contributed by atoms with van der Waals surface area (Å²) >= 11 is 5.80. The number of anilines is 1. The van der Waals surface area contributed by atoms with E-state index in [1.54, 1.807) is 19.1 Å². The topological polar surface area (TPSA) is 72.2 Å². The van der Waals surface area contributed by atoms with Crippen molar-refractivity contribution in [2.24, 2.45) is 5.92 Å². The Hall–Kier alpha value is -1.07. The molecule has 20 heavy (non-hydrogen) atoms. The number of hydrogen-bond donors (Lipinski definition) is 2. The number of benzene rings is 1. The molecule has 1 aromatic rings. The van der Waals surface area contributed by atoms with Gasteiger partial charge < -0.3 is 11.1 Å². The van der Waals surface area contributed by atoms with Gasteiger partial charge in [-0.3, -0.25) is 9.00 Å². The lowest BCUT2D eigenvalue weighted by molar-refractivity contribution is -0.120. The molecule has 2 atom stereocenters. The molecular weight excluding hydrogens is 296 g/mol. The fourth-order valence-electron chi connectivity index (χ4n) is 1.62. The van der Waals surface area contributed by atoms with E-state index in [0.29, 0.717) is 28.1 Å². The van der Waals surface area contributed by atoms with Gasteiger partial charge in [-0.1, -0.05) is 25.4 Å². The lowest BCUT2D eigenvalue weighted by atomic mass is 10.1. The fraction of sp³-hybridized carbons (Fsp3) is 0.500. The minimum Gasteiger partial charge on any atom is -0.398 e. The standard InChI is InChI=1S/C14H21ClN2O2S/c1-9(2)6-7-17-14(18)10(3)20(19)13-5-4-11(15)8-12(13)16/h4-5,8-10H,6-7,16H2,1-3H3,(H,17,18). The average Bonchev–Trinajstić information content (AvgIpc) is 2.36. The van der Waals surface area contributed by atoms with Crippen molar-refractivity contribution in [3.05, 3.63) is 23.2 Å². The highest BCUT2D eigenvalue weighted by atomic mass is 35.5. The van der Waals surface area contributed by atoms with Crippen LogP contribution in [0.4, 0.5) is 5.69 Å². The van der Waals surface area contributed by atoms with E-state index >= 15 is 0 Å². The van der Waals surface area contributed by atoms with Crippen molar-refractivity contribution in [3.8, 4) is 0 Å². The summed E-state index contributed by atoms with van der Waals surface area (Å²) in [5.41, 5.74) is 6.14. The summed E-state index contributed by atoms with van der Waals surface area (Å²) in [6.45, 7) is 6.40. The van der Waals surface area contributed by atoms with E-state index in [-0.39, 0.29) is 5.91 Å². The van der Waals surface area contributed by atoms with Crippen LogP contribution in [0.25, 0.3) is 0 Å². The van der Waals surface area contributed by atoms with E-state index in [1.165, 1.54) is 6.07 Å². The SMILES string of the molecule is CC(C)CCNC(=O)C(C)S(=O)c1ccc(Cl)cc1N. The summed E-state index contributed by atoms with van der Waals surface area (Å²) in [6, 6.07) is 4.76. The van der Waals surface area contributed by atoms with E-state index in [1.807, 2.05) is 0 Å². The number of nitrogens with one attached hydrogen (secondary N) is 1. The van der Waals surface area contributed by atoms with Gasteiger partial charge >= 0.3 is 0 Å². The highest BCUT2D eigenvalue weighted by molar-refractivity contribution is 7.86. The number of halogens is 1. The first-order valence-corrected chi connectivity index (χ1v) is 8.15. The molecular formula is C14H21ClN2O2S. The molecule has 1 rings (SSSR count). The Balaban J connectivity index is 2.68. The summed E-state index contributed by atoms with van der Waals surface area (Å²) in [4.78, 5) is 12.4. The van der Waals surface area contributed by atoms with Gasteiger partial charge in [-0.2, -0.15) is 0 Å². The second-order valence-corrected chi connectivity index (χ2v) is 7.27. The number of hydrogen-bond acceptors (Lipinski definition) is 3. The molecule has 0 aromatic heterocycles. The monoisotopic (exact) mass is 316 g/mol. The number of amides is 1. The third kappa shape index (κ3) is 4.80. The van der Waals surface area contributed by atoms with Crippen molar-refractivity contribution in [1.82, 2.24) is 5.32 Å². The third-order valence-corrected chi connectivity index (χ3v) is 4.80. The van der Waals surface area contributed by atoms with Crippen molar-refractivity contribution >= 4 is 34.0 Å². The summed E-state index contributed by atoms with van der Waals surface area (Å²) in [5.74, 6) is 0.293. The summed E-state index contributed by atoms with van der Waals surface area (Å²) in [7, 11) is -1.49. The van der Waals surface area contributed by atoms with Crippen LogP contribution in [0.2, 0.25) is 5.02 Å². The molecule has 0 aliphatic rings. The molecule has 2 unspecified atom stereocenters. The van der Waals surface area contributed by atoms with Gasteiger partial charge in [0.05, 0.1) is 15.7 Å². The zero-order valence-electron chi connectivity index (χ0n) is 12.0. The Bertz CT molecular complexity index is 506. The van der Waals surface area contributed by atoms with Gasteiger partial charge in [0, 0.05) is 17.3 Å². The molecule has 0 saturated heterocycles. The van der Waals surface area contributed by atoms with E-state index in [2.05, 4.69) is 19.2 Å². The van der Waals surface area contributed by atoms with Crippen LogP contribution in [0.15, 0.2) is 23.1 Å². The van der Waals surface area contributed by atoms with Crippen molar-refractivity contribution in [1.29, 1.82) is 0 Å².